The molecule has 0 aromatic rings. The van der Waals surface area contributed by atoms with Crippen molar-refractivity contribution < 1.29 is 57.1 Å². The number of rotatable bonds is 44. The molecule has 0 aromatic carbocycles. The lowest BCUT2D eigenvalue weighted by Crippen LogP contribution is -2.34. The summed E-state index contributed by atoms with van der Waals surface area (Å²) in [6, 6.07) is 0. The van der Waals surface area contributed by atoms with E-state index in [-0.39, 0.29) is 58.5 Å². The molecule has 1 unspecified atom stereocenters. The molecule has 58 heavy (non-hydrogen) atoms. The minimum Gasteiger partial charge on any atom is -0.462 e. The maximum atomic E-state index is 12.7. The monoisotopic (exact) mass is 833 g/mol. The van der Waals surface area contributed by atoms with E-state index in [0.717, 1.165) is 38.5 Å². The van der Waals surface area contributed by atoms with Crippen LogP contribution in [-0.4, -0.2) is 116 Å². The van der Waals surface area contributed by atoms with Gasteiger partial charge in [-0.15, -0.1) is 0 Å². The quantitative estimate of drug-likeness (QED) is 0.0340. The predicted octanol–water partition coefficient (Wildman–Crippen LogP) is 8.99. The molecule has 2 amide bonds. The fourth-order valence-corrected chi connectivity index (χ4v) is 5.97. The molecular formula is C44H84N2O12. The topological polar surface area (TPSA) is 166 Å². The number of carbonyl (C=O) groups is 4. The molecule has 0 aromatic heterocycles. The Bertz CT molecular complexity index is 942. The smallest absolute Gasteiger partial charge is 0.407 e. The van der Waals surface area contributed by atoms with Crippen LogP contribution in [-0.2, 0) is 47.5 Å². The summed E-state index contributed by atoms with van der Waals surface area (Å²) in [5, 5.41) is 5.18. The highest BCUT2D eigenvalue weighted by Gasteiger charge is 2.19. The SMILES string of the molecule is CCCCCCCCCCCCCC(=O)OCC(COC(=O)NCCOCCOCCNC(=O)OCCOCCOC)OC(=O)CCCCCCCCCCCCC. The number of alkyl carbamates (subject to hydrolysis) is 2. The Morgan fingerprint density at radius 2 is 0.793 bits per heavy atom. The normalized spacial score (nSPS) is 11.6. The van der Waals surface area contributed by atoms with Crippen molar-refractivity contribution >= 4 is 24.1 Å². The lowest BCUT2D eigenvalue weighted by molar-refractivity contribution is -0.161. The summed E-state index contributed by atoms with van der Waals surface area (Å²) >= 11 is 0. The number of methoxy groups -OCH3 is 1. The van der Waals surface area contributed by atoms with Crippen LogP contribution in [0.3, 0.4) is 0 Å². The number of ether oxygens (including phenoxy) is 8. The molecule has 0 saturated carbocycles. The van der Waals surface area contributed by atoms with E-state index >= 15 is 0 Å². The molecule has 0 radical (unpaired) electrons. The molecule has 14 heteroatoms. The average Bonchev–Trinajstić information content (AvgIpc) is 3.21. The van der Waals surface area contributed by atoms with Crippen molar-refractivity contribution in [3.63, 3.8) is 0 Å². The number of hydrogen-bond donors (Lipinski definition) is 2. The highest BCUT2D eigenvalue weighted by atomic mass is 16.6. The third-order valence-electron chi connectivity index (χ3n) is 9.39. The Morgan fingerprint density at radius 1 is 0.414 bits per heavy atom. The molecule has 0 fully saturated rings. The molecule has 1 atom stereocenters. The van der Waals surface area contributed by atoms with Crippen LogP contribution < -0.4 is 10.6 Å². The molecule has 0 aliphatic heterocycles. The lowest BCUT2D eigenvalue weighted by atomic mass is 10.1. The van der Waals surface area contributed by atoms with Gasteiger partial charge in [0.05, 0.1) is 46.2 Å². The fourth-order valence-electron chi connectivity index (χ4n) is 5.97. The summed E-state index contributed by atoms with van der Waals surface area (Å²) < 4.78 is 42.3. The molecule has 0 spiro atoms. The van der Waals surface area contributed by atoms with Gasteiger partial charge >= 0.3 is 24.1 Å². The van der Waals surface area contributed by atoms with E-state index in [4.69, 9.17) is 37.9 Å². The summed E-state index contributed by atoms with van der Waals surface area (Å²) in [6.45, 7) is 7.01. The van der Waals surface area contributed by atoms with Crippen molar-refractivity contribution in [3.8, 4) is 0 Å². The first-order valence-electron chi connectivity index (χ1n) is 22.8. The van der Waals surface area contributed by atoms with Gasteiger partial charge in [-0.1, -0.05) is 142 Å². The number of esters is 2. The lowest BCUT2D eigenvalue weighted by Gasteiger charge is -2.18. The van der Waals surface area contributed by atoms with Crippen LogP contribution in [0.5, 0.6) is 0 Å². The minimum atomic E-state index is -0.892. The van der Waals surface area contributed by atoms with E-state index < -0.39 is 24.3 Å². The van der Waals surface area contributed by atoms with E-state index in [9.17, 15) is 19.2 Å². The van der Waals surface area contributed by atoms with E-state index in [0.29, 0.717) is 39.5 Å². The van der Waals surface area contributed by atoms with E-state index in [1.807, 2.05) is 0 Å². The molecule has 0 aliphatic rings. The highest BCUT2D eigenvalue weighted by Crippen LogP contribution is 2.14. The van der Waals surface area contributed by atoms with Crippen LogP contribution >= 0.6 is 0 Å². The van der Waals surface area contributed by atoms with Gasteiger partial charge in [0.15, 0.2) is 6.10 Å². The minimum absolute atomic E-state index is 0.147. The Kier molecular flexibility index (Phi) is 43.3. The van der Waals surface area contributed by atoms with Crippen molar-refractivity contribution in [2.45, 2.75) is 174 Å². The molecule has 0 rings (SSSR count). The summed E-state index contributed by atoms with van der Waals surface area (Å²) in [5.74, 6) is -0.737. The fraction of sp³-hybridized carbons (Fsp3) is 0.909. The first kappa shape index (κ1) is 55.3. The third-order valence-corrected chi connectivity index (χ3v) is 9.39. The zero-order chi connectivity index (χ0) is 42.4. The van der Waals surface area contributed by atoms with Gasteiger partial charge in [0.25, 0.3) is 0 Å². The number of nitrogens with one attached hydrogen (secondary N) is 2. The summed E-state index contributed by atoms with van der Waals surface area (Å²) in [6.07, 6.45) is 24.6. The number of amides is 2. The van der Waals surface area contributed by atoms with E-state index in [2.05, 4.69) is 24.5 Å². The molecule has 0 heterocycles. The molecule has 14 nitrogen and oxygen atoms in total. The summed E-state index contributed by atoms with van der Waals surface area (Å²) in [4.78, 5) is 49.1. The number of carbonyl (C=O) groups excluding carboxylic acids is 4. The van der Waals surface area contributed by atoms with Gasteiger partial charge in [0.2, 0.25) is 0 Å². The molecule has 0 bridgehead atoms. The molecule has 0 saturated heterocycles. The van der Waals surface area contributed by atoms with Crippen LogP contribution in [0.25, 0.3) is 0 Å². The standard InChI is InChI=1S/C44H84N2O12/c1-4-6-8-10-12-14-16-18-20-22-24-26-41(47)56-38-40(58-42(48)27-25-23-21-19-17-15-13-11-9-7-5-2)39-57-44(50)46-29-31-53-35-34-52-30-28-45-43(49)55-37-36-54-33-32-51-3/h40H,4-39H2,1-3H3,(H,45,49)(H,46,50). The average molecular weight is 833 g/mol. The zero-order valence-electron chi connectivity index (χ0n) is 36.9. The molecule has 0 aliphatic carbocycles. The van der Waals surface area contributed by atoms with Crippen molar-refractivity contribution in [2.24, 2.45) is 0 Å². The zero-order valence-corrected chi connectivity index (χ0v) is 36.9. The second-order valence-corrected chi connectivity index (χ2v) is 14.8. The van der Waals surface area contributed by atoms with Gasteiger partial charge in [-0.3, -0.25) is 9.59 Å². The van der Waals surface area contributed by atoms with Gasteiger partial charge < -0.3 is 48.5 Å². The summed E-state index contributed by atoms with van der Waals surface area (Å²) in [7, 11) is 1.58. The van der Waals surface area contributed by atoms with Gasteiger partial charge in [0.1, 0.15) is 19.8 Å². The second kappa shape index (κ2) is 45.4. The Hall–Kier alpha value is -2.68. The van der Waals surface area contributed by atoms with E-state index in [1.165, 1.54) is 103 Å². The van der Waals surface area contributed by atoms with Crippen molar-refractivity contribution in [3.05, 3.63) is 0 Å². The predicted molar refractivity (Wildman–Crippen MR) is 226 cm³/mol. The first-order valence-corrected chi connectivity index (χ1v) is 22.8. The Balaban J connectivity index is 4.30. The maximum absolute atomic E-state index is 12.7. The van der Waals surface area contributed by atoms with Crippen molar-refractivity contribution in [1.29, 1.82) is 0 Å². The molecular weight excluding hydrogens is 748 g/mol. The largest absolute Gasteiger partial charge is 0.462 e. The number of hydrogen-bond acceptors (Lipinski definition) is 12. The Morgan fingerprint density at radius 3 is 1.28 bits per heavy atom. The number of unbranched alkanes of at least 4 members (excludes halogenated alkanes) is 20. The molecule has 2 N–H and O–H groups in total. The van der Waals surface area contributed by atoms with E-state index in [1.54, 1.807) is 7.11 Å². The van der Waals surface area contributed by atoms with Crippen LogP contribution in [0, 0.1) is 0 Å². The van der Waals surface area contributed by atoms with Crippen LogP contribution in [0.1, 0.15) is 168 Å². The molecule has 342 valence electrons. The summed E-state index contributed by atoms with van der Waals surface area (Å²) in [5.41, 5.74) is 0. The maximum Gasteiger partial charge on any atom is 0.407 e. The Labute approximate surface area is 351 Å². The van der Waals surface area contributed by atoms with Crippen molar-refractivity contribution in [2.75, 3.05) is 86.3 Å². The van der Waals surface area contributed by atoms with Gasteiger partial charge in [-0.05, 0) is 12.8 Å². The van der Waals surface area contributed by atoms with Gasteiger partial charge in [-0.2, -0.15) is 0 Å². The van der Waals surface area contributed by atoms with Crippen LogP contribution in [0.15, 0.2) is 0 Å². The van der Waals surface area contributed by atoms with Crippen LogP contribution in [0.2, 0.25) is 0 Å². The van der Waals surface area contributed by atoms with Crippen LogP contribution in [0.4, 0.5) is 9.59 Å². The van der Waals surface area contributed by atoms with Gasteiger partial charge in [0, 0.05) is 33.0 Å². The van der Waals surface area contributed by atoms with Gasteiger partial charge in [-0.25, -0.2) is 9.59 Å². The highest BCUT2D eigenvalue weighted by molar-refractivity contribution is 5.70. The second-order valence-electron chi connectivity index (χ2n) is 14.8. The first-order chi connectivity index (χ1) is 28.4. The van der Waals surface area contributed by atoms with Crippen molar-refractivity contribution in [1.82, 2.24) is 10.6 Å². The third kappa shape index (κ3) is 42.9.